The third-order valence-corrected chi connectivity index (χ3v) is 8.59. The molecule has 0 aromatic rings. The summed E-state index contributed by atoms with van der Waals surface area (Å²) in [5, 5.41) is 0. The molecule has 0 saturated heterocycles. The first-order valence-electron chi connectivity index (χ1n) is 14.4. The minimum Gasteiger partial charge on any atom is -0.454 e. The van der Waals surface area contributed by atoms with Crippen molar-refractivity contribution in [2.75, 3.05) is 28.4 Å². The highest BCUT2D eigenvalue weighted by Crippen LogP contribution is 2.40. The van der Waals surface area contributed by atoms with Gasteiger partial charge in [-0.25, -0.2) is 9.59 Å². The maximum atomic E-state index is 11.3. The standard InChI is InChI=1S/2C16H28O4/c2*1-10(2)14(18-6)11(3)15(19-7)16(4,5)12-8-9-13(17)20-12/h2*8-12,14-15H,1-7H3/t2*11-,12-,14-,15-/m11/s1. The second kappa shape index (κ2) is 15.5. The normalized spacial score (nSPS) is 23.8. The van der Waals surface area contributed by atoms with Crippen molar-refractivity contribution in [2.45, 2.75) is 106 Å². The average molecular weight is 569 g/mol. The number of carbonyl (C=O) groups is 2. The van der Waals surface area contributed by atoms with Crippen molar-refractivity contribution >= 4 is 11.9 Å². The minimum atomic E-state index is -0.317. The van der Waals surface area contributed by atoms with Crippen molar-refractivity contribution in [2.24, 2.45) is 34.5 Å². The van der Waals surface area contributed by atoms with Crippen LogP contribution in [0.5, 0.6) is 0 Å². The van der Waals surface area contributed by atoms with E-state index in [1.165, 1.54) is 12.2 Å². The van der Waals surface area contributed by atoms with Crippen LogP contribution in [0.4, 0.5) is 0 Å². The van der Waals surface area contributed by atoms with E-state index in [1.807, 2.05) is 12.2 Å². The molecule has 0 radical (unpaired) electrons. The van der Waals surface area contributed by atoms with E-state index >= 15 is 0 Å². The van der Waals surface area contributed by atoms with E-state index in [0.29, 0.717) is 11.8 Å². The molecule has 2 aliphatic heterocycles. The molecule has 0 unspecified atom stereocenters. The fourth-order valence-electron chi connectivity index (χ4n) is 6.79. The van der Waals surface area contributed by atoms with Gasteiger partial charge in [-0.1, -0.05) is 69.2 Å². The predicted molar refractivity (Wildman–Crippen MR) is 157 cm³/mol. The zero-order valence-corrected chi connectivity index (χ0v) is 27.3. The van der Waals surface area contributed by atoms with Gasteiger partial charge in [0.05, 0.1) is 24.4 Å². The Kier molecular flexibility index (Phi) is 14.0. The second-order valence-electron chi connectivity index (χ2n) is 13.0. The van der Waals surface area contributed by atoms with Crippen molar-refractivity contribution in [1.82, 2.24) is 0 Å². The van der Waals surface area contributed by atoms with E-state index < -0.39 is 0 Å². The highest BCUT2D eigenvalue weighted by molar-refractivity contribution is 5.85. The van der Waals surface area contributed by atoms with Gasteiger partial charge in [0.1, 0.15) is 12.2 Å². The topological polar surface area (TPSA) is 89.5 Å². The lowest BCUT2D eigenvalue weighted by Crippen LogP contribution is -2.49. The Labute approximate surface area is 243 Å². The largest absolute Gasteiger partial charge is 0.454 e. The molecule has 0 aromatic heterocycles. The van der Waals surface area contributed by atoms with Crippen LogP contribution in [0.1, 0.15) is 69.2 Å². The Morgan fingerprint density at radius 3 is 1.07 bits per heavy atom. The first-order chi connectivity index (χ1) is 18.5. The smallest absolute Gasteiger partial charge is 0.331 e. The van der Waals surface area contributed by atoms with Crippen LogP contribution in [0.2, 0.25) is 0 Å². The minimum absolute atomic E-state index is 0.0737. The van der Waals surface area contributed by atoms with Crippen LogP contribution in [-0.4, -0.2) is 77.0 Å². The van der Waals surface area contributed by atoms with Crippen molar-refractivity contribution < 1.29 is 38.0 Å². The maximum absolute atomic E-state index is 11.3. The Bertz CT molecular complexity index is 789. The lowest BCUT2D eigenvalue weighted by atomic mass is 9.72. The summed E-state index contributed by atoms with van der Waals surface area (Å²) in [5.41, 5.74) is -0.634. The third kappa shape index (κ3) is 8.63. The van der Waals surface area contributed by atoms with Crippen LogP contribution in [0.15, 0.2) is 24.3 Å². The zero-order chi connectivity index (χ0) is 31.0. The number of esters is 2. The molecule has 0 amide bonds. The summed E-state index contributed by atoms with van der Waals surface area (Å²) in [6, 6.07) is 0. The molecule has 2 heterocycles. The van der Waals surface area contributed by atoms with E-state index in [9.17, 15) is 9.59 Å². The fraction of sp³-hybridized carbons (Fsp3) is 0.812. The van der Waals surface area contributed by atoms with Gasteiger partial charge in [0.25, 0.3) is 0 Å². The monoisotopic (exact) mass is 568 g/mol. The number of methoxy groups -OCH3 is 4. The summed E-state index contributed by atoms with van der Waals surface area (Å²) >= 11 is 0. The van der Waals surface area contributed by atoms with E-state index in [1.54, 1.807) is 28.4 Å². The SMILES string of the molecule is CO[C@H](C(C)C)[C@@H](C)[C@@H](OC)C(C)(C)[C@H]1C=CC(=O)O1.CO[C@H](C(C)C)[C@@H](C)[C@@H](OC)C(C)(C)[C@H]1C=CC(=O)O1. The van der Waals surface area contributed by atoms with Gasteiger partial charge in [-0.05, 0) is 24.0 Å². The van der Waals surface area contributed by atoms with Crippen molar-refractivity contribution in [3.05, 3.63) is 24.3 Å². The molecule has 2 aliphatic rings. The summed E-state index contributed by atoms with van der Waals surface area (Å²) in [6.07, 6.45) is 6.14. The summed E-state index contributed by atoms with van der Waals surface area (Å²) in [5.74, 6) is 0.603. The molecule has 40 heavy (non-hydrogen) atoms. The van der Waals surface area contributed by atoms with E-state index in [-0.39, 0.29) is 71.2 Å². The Balaban J connectivity index is 0.000000400. The third-order valence-electron chi connectivity index (χ3n) is 8.59. The number of hydrogen-bond donors (Lipinski definition) is 0. The van der Waals surface area contributed by atoms with Gasteiger partial charge in [-0.15, -0.1) is 0 Å². The number of hydrogen-bond acceptors (Lipinski definition) is 8. The molecule has 0 bridgehead atoms. The second-order valence-corrected chi connectivity index (χ2v) is 13.0. The highest BCUT2D eigenvalue weighted by atomic mass is 16.6. The number of rotatable bonds is 14. The molecule has 8 atom stereocenters. The van der Waals surface area contributed by atoms with Crippen LogP contribution in [0.3, 0.4) is 0 Å². The zero-order valence-electron chi connectivity index (χ0n) is 27.3. The molecule has 0 N–H and O–H groups in total. The van der Waals surface area contributed by atoms with E-state index in [2.05, 4.69) is 69.2 Å². The molecule has 0 aromatic carbocycles. The van der Waals surface area contributed by atoms with E-state index in [4.69, 9.17) is 28.4 Å². The molecule has 0 saturated carbocycles. The van der Waals surface area contributed by atoms with Gasteiger partial charge in [-0.3, -0.25) is 0 Å². The Morgan fingerprint density at radius 1 is 0.600 bits per heavy atom. The van der Waals surface area contributed by atoms with Crippen molar-refractivity contribution in [3.8, 4) is 0 Å². The molecule has 232 valence electrons. The van der Waals surface area contributed by atoms with Crippen LogP contribution < -0.4 is 0 Å². The quantitative estimate of drug-likeness (QED) is 0.249. The van der Waals surface area contributed by atoms with Crippen LogP contribution >= 0.6 is 0 Å². The predicted octanol–water partition coefficient (Wildman–Crippen LogP) is 5.63. The number of ether oxygens (including phenoxy) is 6. The summed E-state index contributed by atoms with van der Waals surface area (Å²) in [7, 11) is 6.87. The molecular weight excluding hydrogens is 512 g/mol. The van der Waals surface area contributed by atoms with Crippen molar-refractivity contribution in [3.63, 3.8) is 0 Å². The van der Waals surface area contributed by atoms with Gasteiger partial charge in [-0.2, -0.15) is 0 Å². The molecule has 2 rings (SSSR count). The molecular formula is C32H56O8. The molecule has 8 nitrogen and oxygen atoms in total. The van der Waals surface area contributed by atoms with Gasteiger partial charge in [0.2, 0.25) is 0 Å². The summed E-state index contributed by atoms with van der Waals surface area (Å²) in [6.45, 7) is 21.1. The molecule has 0 fully saturated rings. The summed E-state index contributed by atoms with van der Waals surface area (Å²) < 4.78 is 33.5. The lowest BCUT2D eigenvalue weighted by molar-refractivity contribution is -0.155. The van der Waals surface area contributed by atoms with Crippen LogP contribution in [0.25, 0.3) is 0 Å². The van der Waals surface area contributed by atoms with Gasteiger partial charge >= 0.3 is 11.9 Å². The summed E-state index contributed by atoms with van der Waals surface area (Å²) in [4.78, 5) is 22.6. The molecule has 0 aliphatic carbocycles. The molecule has 8 heteroatoms. The van der Waals surface area contributed by atoms with E-state index in [0.717, 1.165) is 0 Å². The highest BCUT2D eigenvalue weighted by Gasteiger charge is 2.46. The maximum Gasteiger partial charge on any atom is 0.331 e. The molecule has 0 spiro atoms. The Hall–Kier alpha value is -1.74. The number of carbonyl (C=O) groups excluding carboxylic acids is 2. The average Bonchev–Trinajstić information content (AvgIpc) is 3.49. The van der Waals surface area contributed by atoms with Crippen LogP contribution in [0, 0.1) is 34.5 Å². The van der Waals surface area contributed by atoms with Gasteiger partial charge in [0.15, 0.2) is 0 Å². The fourth-order valence-corrected chi connectivity index (χ4v) is 6.79. The lowest BCUT2D eigenvalue weighted by Gasteiger charge is -2.42. The first kappa shape index (κ1) is 36.3. The Morgan fingerprint density at radius 2 is 0.900 bits per heavy atom. The van der Waals surface area contributed by atoms with Gasteiger partial charge in [0, 0.05) is 63.3 Å². The first-order valence-corrected chi connectivity index (χ1v) is 14.4. The van der Waals surface area contributed by atoms with Crippen LogP contribution in [-0.2, 0) is 38.0 Å². The van der Waals surface area contributed by atoms with Crippen molar-refractivity contribution in [1.29, 1.82) is 0 Å². The number of cyclic esters (lactones) is 2. The van der Waals surface area contributed by atoms with Gasteiger partial charge < -0.3 is 28.4 Å².